The van der Waals surface area contributed by atoms with E-state index in [0.717, 1.165) is 10.9 Å². The normalized spacial score (nSPS) is 12.5. The molecule has 0 N–H and O–H groups in total. The Bertz CT molecular complexity index is 759. The van der Waals surface area contributed by atoms with Crippen LogP contribution >= 0.6 is 11.6 Å². The molecule has 3 heteroatoms. The molecule has 1 aromatic heterocycles. The Kier molecular flexibility index (Phi) is 3.33. The first-order valence-electron chi connectivity index (χ1n) is 6.43. The van der Waals surface area contributed by atoms with Crippen molar-refractivity contribution in [3.63, 3.8) is 0 Å². The van der Waals surface area contributed by atoms with Crippen LogP contribution in [0.25, 0.3) is 11.0 Å². The minimum absolute atomic E-state index is 0.0245. The summed E-state index contributed by atoms with van der Waals surface area (Å²) in [6, 6.07) is 16.8. The molecule has 0 radical (unpaired) electrons. The van der Waals surface area contributed by atoms with Gasteiger partial charge in [-0.25, -0.2) is 0 Å². The number of halogens is 1. The van der Waals surface area contributed by atoms with Crippen LogP contribution in [0.15, 0.2) is 59.0 Å². The third kappa shape index (κ3) is 2.35. The maximum atomic E-state index is 12.5. The number of ketones is 1. The van der Waals surface area contributed by atoms with Gasteiger partial charge in [0.2, 0.25) is 5.78 Å². The fourth-order valence-corrected chi connectivity index (χ4v) is 2.42. The summed E-state index contributed by atoms with van der Waals surface area (Å²) in [6.07, 6.45) is 0. The standard InChI is InChI=1S/C17H13ClO2/c1-11(12-5-3-2-4-6-12)17(19)16-10-13-9-14(18)7-8-15(13)20-16/h2-11H,1H3. The lowest BCUT2D eigenvalue weighted by Crippen LogP contribution is -2.08. The van der Waals surface area contributed by atoms with Gasteiger partial charge in [0, 0.05) is 16.3 Å². The Hall–Kier alpha value is -2.06. The molecular weight excluding hydrogens is 272 g/mol. The van der Waals surface area contributed by atoms with Crippen LogP contribution in [0, 0.1) is 0 Å². The first-order valence-corrected chi connectivity index (χ1v) is 6.81. The molecule has 20 heavy (non-hydrogen) atoms. The minimum Gasteiger partial charge on any atom is -0.453 e. The summed E-state index contributed by atoms with van der Waals surface area (Å²) >= 11 is 5.94. The summed E-state index contributed by atoms with van der Waals surface area (Å²) in [4.78, 5) is 12.5. The Morgan fingerprint density at radius 1 is 1.10 bits per heavy atom. The predicted octanol–water partition coefficient (Wildman–Crippen LogP) is 5.07. The first kappa shape index (κ1) is 12.9. The largest absolute Gasteiger partial charge is 0.453 e. The van der Waals surface area contributed by atoms with Crippen LogP contribution in [-0.2, 0) is 0 Å². The van der Waals surface area contributed by atoms with Gasteiger partial charge in [-0.15, -0.1) is 0 Å². The highest BCUT2D eigenvalue weighted by Crippen LogP contribution is 2.27. The molecule has 3 aromatic rings. The summed E-state index contributed by atoms with van der Waals surface area (Å²) in [6.45, 7) is 1.89. The van der Waals surface area contributed by atoms with Crippen LogP contribution in [0.4, 0.5) is 0 Å². The van der Waals surface area contributed by atoms with Gasteiger partial charge in [0.15, 0.2) is 5.76 Å². The molecule has 1 heterocycles. The van der Waals surface area contributed by atoms with Gasteiger partial charge in [-0.05, 0) is 29.8 Å². The van der Waals surface area contributed by atoms with Crippen LogP contribution < -0.4 is 0 Å². The highest BCUT2D eigenvalue weighted by atomic mass is 35.5. The number of fused-ring (bicyclic) bond motifs is 1. The molecule has 100 valence electrons. The Morgan fingerprint density at radius 3 is 2.60 bits per heavy atom. The molecule has 1 unspecified atom stereocenters. The number of furan rings is 1. The summed E-state index contributed by atoms with van der Waals surface area (Å²) in [7, 11) is 0. The Morgan fingerprint density at radius 2 is 1.85 bits per heavy atom. The van der Waals surface area contributed by atoms with Gasteiger partial charge in [0.25, 0.3) is 0 Å². The smallest absolute Gasteiger partial charge is 0.205 e. The van der Waals surface area contributed by atoms with E-state index in [4.69, 9.17) is 16.0 Å². The number of hydrogen-bond acceptors (Lipinski definition) is 2. The highest BCUT2D eigenvalue weighted by Gasteiger charge is 2.20. The molecule has 2 nitrogen and oxygen atoms in total. The number of carbonyl (C=O) groups is 1. The summed E-state index contributed by atoms with van der Waals surface area (Å²) in [5, 5.41) is 1.48. The van der Waals surface area contributed by atoms with E-state index < -0.39 is 0 Å². The fourth-order valence-electron chi connectivity index (χ4n) is 2.24. The highest BCUT2D eigenvalue weighted by molar-refractivity contribution is 6.31. The molecule has 0 aliphatic heterocycles. The molecule has 0 bridgehead atoms. The quantitative estimate of drug-likeness (QED) is 0.628. The van der Waals surface area contributed by atoms with E-state index in [1.807, 2.05) is 37.3 Å². The van der Waals surface area contributed by atoms with E-state index in [9.17, 15) is 4.79 Å². The second-order valence-electron chi connectivity index (χ2n) is 4.79. The summed E-state index contributed by atoms with van der Waals surface area (Å²) in [5.74, 6) is 0.120. The number of Topliss-reactive ketones (excluding diaryl/α,β-unsaturated/α-hetero) is 1. The van der Waals surface area contributed by atoms with Gasteiger partial charge in [0.1, 0.15) is 5.58 Å². The number of carbonyl (C=O) groups excluding carboxylic acids is 1. The third-order valence-corrected chi connectivity index (χ3v) is 3.65. The van der Waals surface area contributed by atoms with Gasteiger partial charge in [0.05, 0.1) is 0 Å². The van der Waals surface area contributed by atoms with E-state index in [-0.39, 0.29) is 11.7 Å². The van der Waals surface area contributed by atoms with Crippen molar-refractivity contribution in [2.75, 3.05) is 0 Å². The van der Waals surface area contributed by atoms with Crippen LogP contribution in [0.3, 0.4) is 0 Å². The van der Waals surface area contributed by atoms with Crippen molar-refractivity contribution >= 4 is 28.4 Å². The maximum Gasteiger partial charge on any atom is 0.205 e. The molecule has 0 saturated heterocycles. The van der Waals surface area contributed by atoms with Gasteiger partial charge in [-0.2, -0.15) is 0 Å². The molecule has 0 aliphatic carbocycles. The van der Waals surface area contributed by atoms with Crippen molar-refractivity contribution in [2.24, 2.45) is 0 Å². The maximum absolute atomic E-state index is 12.5. The van der Waals surface area contributed by atoms with Gasteiger partial charge in [-0.1, -0.05) is 48.9 Å². The average molecular weight is 285 g/mol. The van der Waals surface area contributed by atoms with E-state index in [2.05, 4.69) is 0 Å². The molecule has 0 amide bonds. The van der Waals surface area contributed by atoms with E-state index in [1.54, 1.807) is 24.3 Å². The molecule has 0 saturated carbocycles. The zero-order valence-corrected chi connectivity index (χ0v) is 11.7. The van der Waals surface area contributed by atoms with Gasteiger partial charge >= 0.3 is 0 Å². The second kappa shape index (κ2) is 5.14. The van der Waals surface area contributed by atoms with Gasteiger partial charge < -0.3 is 4.42 Å². The average Bonchev–Trinajstić information content (AvgIpc) is 2.89. The SMILES string of the molecule is CC(C(=O)c1cc2cc(Cl)ccc2o1)c1ccccc1. The number of hydrogen-bond donors (Lipinski definition) is 0. The van der Waals surface area contributed by atoms with Crippen molar-refractivity contribution < 1.29 is 9.21 Å². The van der Waals surface area contributed by atoms with Crippen LogP contribution in [0.5, 0.6) is 0 Å². The molecule has 0 spiro atoms. The van der Waals surface area contributed by atoms with E-state index in [0.29, 0.717) is 16.4 Å². The van der Waals surface area contributed by atoms with E-state index >= 15 is 0 Å². The molecule has 0 fully saturated rings. The third-order valence-electron chi connectivity index (χ3n) is 3.41. The summed E-state index contributed by atoms with van der Waals surface area (Å²) in [5.41, 5.74) is 1.66. The molecule has 2 aromatic carbocycles. The van der Waals surface area contributed by atoms with Crippen LogP contribution in [0.1, 0.15) is 29.0 Å². The van der Waals surface area contributed by atoms with Crippen molar-refractivity contribution in [1.82, 2.24) is 0 Å². The zero-order valence-electron chi connectivity index (χ0n) is 11.0. The zero-order chi connectivity index (χ0) is 14.1. The topological polar surface area (TPSA) is 30.2 Å². The number of benzene rings is 2. The van der Waals surface area contributed by atoms with E-state index in [1.165, 1.54) is 0 Å². The first-order chi connectivity index (χ1) is 9.65. The van der Waals surface area contributed by atoms with Crippen molar-refractivity contribution in [3.05, 3.63) is 70.9 Å². The Balaban J connectivity index is 1.96. The number of rotatable bonds is 3. The van der Waals surface area contributed by atoms with Crippen LogP contribution in [0.2, 0.25) is 5.02 Å². The van der Waals surface area contributed by atoms with Crippen molar-refractivity contribution in [3.8, 4) is 0 Å². The lowest BCUT2D eigenvalue weighted by Gasteiger charge is -2.08. The minimum atomic E-state index is -0.229. The monoisotopic (exact) mass is 284 g/mol. The predicted molar refractivity (Wildman–Crippen MR) is 80.4 cm³/mol. The Labute approximate surface area is 122 Å². The molecular formula is C17H13ClO2. The van der Waals surface area contributed by atoms with Gasteiger partial charge in [-0.3, -0.25) is 4.79 Å². The fraction of sp³-hybridized carbons (Fsp3) is 0.118. The molecule has 0 aliphatic rings. The lowest BCUT2D eigenvalue weighted by atomic mass is 9.95. The second-order valence-corrected chi connectivity index (χ2v) is 5.23. The summed E-state index contributed by atoms with van der Waals surface area (Å²) < 4.78 is 5.62. The lowest BCUT2D eigenvalue weighted by molar-refractivity contribution is 0.0941. The van der Waals surface area contributed by atoms with Crippen LogP contribution in [-0.4, -0.2) is 5.78 Å². The van der Waals surface area contributed by atoms with Crippen molar-refractivity contribution in [1.29, 1.82) is 0 Å². The molecule has 3 rings (SSSR count). The molecule has 1 atom stereocenters. The van der Waals surface area contributed by atoms with Crippen molar-refractivity contribution in [2.45, 2.75) is 12.8 Å².